The molecule has 1 aromatic carbocycles. The van der Waals surface area contributed by atoms with E-state index in [1.807, 2.05) is 43.3 Å². The maximum Gasteiger partial charge on any atom is 0.257 e. The first kappa shape index (κ1) is 20.7. The number of hydrogen-bond acceptors (Lipinski definition) is 6. The number of unbranched alkanes of at least 4 members (excludes halogenated alkanes) is 1. The van der Waals surface area contributed by atoms with Crippen molar-refractivity contribution in [1.82, 2.24) is 9.97 Å². The Bertz CT molecular complexity index is 1040. The van der Waals surface area contributed by atoms with Gasteiger partial charge in [0.25, 0.3) is 5.56 Å². The van der Waals surface area contributed by atoms with Crippen molar-refractivity contribution in [1.29, 1.82) is 0 Å². The van der Waals surface area contributed by atoms with Crippen LogP contribution in [0.2, 0.25) is 0 Å². The minimum absolute atomic E-state index is 0.122. The molecule has 0 fully saturated rings. The Morgan fingerprint density at radius 1 is 1.17 bits per heavy atom. The standard InChI is InChI=1S/C23H28N4O2S/c1-4-5-13-30-23-25-21-20(22(29)26-23)18(14-9-11-15(12-10-14)27(2)3)19-16(24-21)7-6-8-17(19)28/h9-12,18H,4-8,13H2,1-3H3,(H2,24,25,26,29)/t18-/m1/s1. The van der Waals surface area contributed by atoms with Gasteiger partial charge in [0.1, 0.15) is 5.82 Å². The monoisotopic (exact) mass is 424 g/mol. The molecule has 1 atom stereocenters. The second kappa shape index (κ2) is 8.68. The van der Waals surface area contributed by atoms with Gasteiger partial charge >= 0.3 is 0 Å². The summed E-state index contributed by atoms with van der Waals surface area (Å²) >= 11 is 1.57. The lowest BCUT2D eigenvalue weighted by Crippen LogP contribution is -2.32. The van der Waals surface area contributed by atoms with E-state index in [2.05, 4.69) is 17.2 Å². The fourth-order valence-electron chi connectivity index (χ4n) is 4.12. The maximum atomic E-state index is 13.2. The summed E-state index contributed by atoms with van der Waals surface area (Å²) in [6.45, 7) is 2.14. The number of thioether (sulfide) groups is 1. The van der Waals surface area contributed by atoms with Crippen molar-refractivity contribution in [3.8, 4) is 0 Å². The van der Waals surface area contributed by atoms with Crippen molar-refractivity contribution in [2.24, 2.45) is 0 Å². The van der Waals surface area contributed by atoms with E-state index in [4.69, 9.17) is 4.98 Å². The van der Waals surface area contributed by atoms with Crippen LogP contribution in [0.4, 0.5) is 11.5 Å². The molecule has 1 aliphatic carbocycles. The smallest absolute Gasteiger partial charge is 0.257 e. The Hall–Kier alpha value is -2.54. The van der Waals surface area contributed by atoms with Gasteiger partial charge in [-0.1, -0.05) is 37.2 Å². The van der Waals surface area contributed by atoms with Gasteiger partial charge in [-0.15, -0.1) is 0 Å². The summed E-state index contributed by atoms with van der Waals surface area (Å²) in [4.78, 5) is 35.8. The summed E-state index contributed by atoms with van der Waals surface area (Å²) in [5.41, 5.74) is 4.05. The van der Waals surface area contributed by atoms with Crippen LogP contribution in [0.15, 0.2) is 45.5 Å². The first-order valence-corrected chi connectivity index (χ1v) is 11.6. The van der Waals surface area contributed by atoms with E-state index in [1.165, 1.54) is 0 Å². The van der Waals surface area contributed by atoms with E-state index >= 15 is 0 Å². The van der Waals surface area contributed by atoms with Crippen LogP contribution in [0.3, 0.4) is 0 Å². The van der Waals surface area contributed by atoms with Gasteiger partial charge in [0, 0.05) is 49.1 Å². The van der Waals surface area contributed by atoms with Gasteiger partial charge in [0.2, 0.25) is 0 Å². The van der Waals surface area contributed by atoms with E-state index < -0.39 is 0 Å². The lowest BCUT2D eigenvalue weighted by Gasteiger charge is -2.33. The van der Waals surface area contributed by atoms with Gasteiger partial charge in [-0.2, -0.15) is 0 Å². The van der Waals surface area contributed by atoms with Crippen LogP contribution in [-0.4, -0.2) is 35.6 Å². The van der Waals surface area contributed by atoms with Gasteiger partial charge in [0.05, 0.1) is 5.56 Å². The second-order valence-corrected chi connectivity index (χ2v) is 9.13. The Balaban J connectivity index is 1.81. The fourth-order valence-corrected chi connectivity index (χ4v) is 5.07. The average Bonchev–Trinajstić information content (AvgIpc) is 2.73. The molecule has 0 unspecified atom stereocenters. The Labute approximate surface area is 181 Å². The largest absolute Gasteiger partial charge is 0.378 e. The molecule has 2 aromatic rings. The highest BCUT2D eigenvalue weighted by Crippen LogP contribution is 2.43. The molecule has 0 radical (unpaired) electrons. The lowest BCUT2D eigenvalue weighted by molar-refractivity contribution is -0.116. The molecule has 6 nitrogen and oxygen atoms in total. The van der Waals surface area contributed by atoms with E-state index in [0.29, 0.717) is 23.0 Å². The Morgan fingerprint density at radius 3 is 2.63 bits per heavy atom. The number of hydrogen-bond donors (Lipinski definition) is 2. The van der Waals surface area contributed by atoms with Crippen LogP contribution < -0.4 is 15.8 Å². The predicted octanol–water partition coefficient (Wildman–Crippen LogP) is 4.29. The van der Waals surface area contributed by atoms with Crippen molar-refractivity contribution >= 4 is 29.1 Å². The molecule has 1 aromatic heterocycles. The van der Waals surface area contributed by atoms with Crippen molar-refractivity contribution in [2.75, 3.05) is 30.1 Å². The summed E-state index contributed by atoms with van der Waals surface area (Å²) in [7, 11) is 3.99. The van der Waals surface area contributed by atoms with Gasteiger partial charge in [0.15, 0.2) is 10.9 Å². The molecular weight excluding hydrogens is 396 g/mol. The normalized spacial score (nSPS) is 18.0. The molecule has 0 bridgehead atoms. The van der Waals surface area contributed by atoms with Gasteiger partial charge < -0.3 is 15.2 Å². The van der Waals surface area contributed by atoms with E-state index in [9.17, 15) is 9.59 Å². The highest BCUT2D eigenvalue weighted by atomic mass is 32.2. The van der Waals surface area contributed by atoms with E-state index in [0.717, 1.165) is 54.0 Å². The summed E-state index contributed by atoms with van der Waals surface area (Å²) in [6.07, 6.45) is 4.33. The summed E-state index contributed by atoms with van der Waals surface area (Å²) in [5.74, 6) is 1.25. The van der Waals surface area contributed by atoms with Crippen LogP contribution >= 0.6 is 11.8 Å². The third-order valence-electron chi connectivity index (χ3n) is 5.72. The number of rotatable bonds is 6. The van der Waals surface area contributed by atoms with Crippen molar-refractivity contribution in [2.45, 2.75) is 50.1 Å². The first-order valence-electron chi connectivity index (χ1n) is 10.6. The topological polar surface area (TPSA) is 78.1 Å². The quantitative estimate of drug-likeness (QED) is 0.409. The molecule has 158 valence electrons. The Morgan fingerprint density at radius 2 is 1.93 bits per heavy atom. The fraction of sp³-hybridized carbons (Fsp3) is 0.435. The average molecular weight is 425 g/mol. The molecule has 0 saturated carbocycles. The molecule has 4 rings (SSSR count). The molecule has 2 aliphatic rings. The molecule has 7 heteroatoms. The van der Waals surface area contributed by atoms with Crippen LogP contribution in [-0.2, 0) is 4.79 Å². The third-order valence-corrected chi connectivity index (χ3v) is 6.68. The van der Waals surface area contributed by atoms with Crippen molar-refractivity contribution in [3.63, 3.8) is 0 Å². The number of carbonyl (C=O) groups is 1. The minimum atomic E-state index is -0.383. The van der Waals surface area contributed by atoms with Crippen LogP contribution in [0, 0.1) is 0 Å². The van der Waals surface area contributed by atoms with Crippen LogP contribution in [0.1, 0.15) is 56.1 Å². The van der Waals surface area contributed by atoms with Crippen molar-refractivity contribution in [3.05, 3.63) is 57.0 Å². The molecule has 0 amide bonds. The summed E-state index contributed by atoms with van der Waals surface area (Å²) in [6, 6.07) is 8.10. The zero-order valence-electron chi connectivity index (χ0n) is 17.7. The molecule has 2 N–H and O–H groups in total. The Kier molecular flexibility index (Phi) is 5.99. The minimum Gasteiger partial charge on any atom is -0.378 e. The lowest BCUT2D eigenvalue weighted by atomic mass is 9.76. The van der Waals surface area contributed by atoms with Gasteiger partial charge in [-0.05, 0) is 37.0 Å². The number of fused-ring (bicyclic) bond motifs is 1. The summed E-state index contributed by atoms with van der Waals surface area (Å²) < 4.78 is 0. The number of H-pyrrole nitrogens is 1. The highest BCUT2D eigenvalue weighted by molar-refractivity contribution is 7.99. The number of nitrogens with zero attached hydrogens (tertiary/aromatic N) is 2. The van der Waals surface area contributed by atoms with Gasteiger partial charge in [-0.25, -0.2) is 4.98 Å². The number of Topliss-reactive ketones (excluding diaryl/α,β-unsaturated/α-hetero) is 1. The summed E-state index contributed by atoms with van der Waals surface area (Å²) in [5, 5.41) is 3.97. The molecule has 0 saturated heterocycles. The maximum absolute atomic E-state index is 13.2. The SMILES string of the molecule is CCCCSc1nc2c(c(=O)[nH]1)[C@H](c1ccc(N(C)C)cc1)C1=C(CCCC1=O)N2. The molecule has 2 heterocycles. The first-order chi connectivity index (χ1) is 14.5. The zero-order chi connectivity index (χ0) is 21.3. The highest BCUT2D eigenvalue weighted by Gasteiger charge is 2.37. The number of aromatic nitrogens is 2. The number of carbonyl (C=O) groups excluding carboxylic acids is 1. The van der Waals surface area contributed by atoms with Crippen LogP contribution in [0.5, 0.6) is 0 Å². The van der Waals surface area contributed by atoms with Crippen LogP contribution in [0.25, 0.3) is 0 Å². The molecular formula is C23H28N4O2S. The molecule has 1 aliphatic heterocycles. The number of allylic oxidation sites excluding steroid dienone is 2. The third kappa shape index (κ3) is 3.90. The number of nitrogens with one attached hydrogen (secondary N) is 2. The number of aromatic amines is 1. The number of anilines is 2. The second-order valence-electron chi connectivity index (χ2n) is 8.05. The van der Waals surface area contributed by atoms with E-state index in [1.54, 1.807) is 11.8 Å². The number of benzene rings is 1. The van der Waals surface area contributed by atoms with Gasteiger partial charge in [-0.3, -0.25) is 9.59 Å². The van der Waals surface area contributed by atoms with Crippen molar-refractivity contribution < 1.29 is 4.79 Å². The molecule has 0 spiro atoms. The van der Waals surface area contributed by atoms with E-state index in [-0.39, 0.29) is 17.3 Å². The zero-order valence-corrected chi connectivity index (χ0v) is 18.6. The number of ketones is 1. The molecule has 30 heavy (non-hydrogen) atoms. The predicted molar refractivity (Wildman–Crippen MR) is 123 cm³/mol.